The van der Waals surface area contributed by atoms with Gasteiger partial charge in [-0.15, -0.1) is 0 Å². The number of halogens is 3. The van der Waals surface area contributed by atoms with E-state index in [0.29, 0.717) is 5.56 Å². The maximum Gasteiger partial charge on any atom is 0.519 e. The molecular formula is C10H5F3O3. The number of rotatable bonds is 1. The average Bonchev–Trinajstić information content (AvgIpc) is 2.64. The van der Waals surface area contributed by atoms with Gasteiger partial charge in [-0.2, -0.15) is 13.2 Å². The van der Waals surface area contributed by atoms with Crippen LogP contribution in [0.5, 0.6) is 0 Å². The SMILES string of the molecule is O=c1occ(-c2ccc(C(F)(F)F)cc2)o1. The summed E-state index contributed by atoms with van der Waals surface area (Å²) in [5.74, 6) is -0.798. The van der Waals surface area contributed by atoms with Gasteiger partial charge in [0.25, 0.3) is 0 Å². The molecule has 0 amide bonds. The van der Waals surface area contributed by atoms with E-state index in [-0.39, 0.29) is 5.76 Å². The first-order chi connectivity index (χ1) is 7.47. The van der Waals surface area contributed by atoms with E-state index in [9.17, 15) is 18.0 Å². The van der Waals surface area contributed by atoms with Crippen molar-refractivity contribution < 1.29 is 22.0 Å². The molecule has 1 aromatic carbocycles. The molecule has 0 unspecified atom stereocenters. The second-order valence-corrected chi connectivity index (χ2v) is 3.03. The van der Waals surface area contributed by atoms with Crippen molar-refractivity contribution >= 4 is 0 Å². The Kier molecular flexibility index (Phi) is 2.34. The molecule has 0 aliphatic carbocycles. The third kappa shape index (κ3) is 2.00. The van der Waals surface area contributed by atoms with E-state index < -0.39 is 17.6 Å². The summed E-state index contributed by atoms with van der Waals surface area (Å²) < 4.78 is 45.7. The Hall–Kier alpha value is -1.98. The summed E-state index contributed by atoms with van der Waals surface area (Å²) in [5.41, 5.74) is -0.416. The third-order valence-electron chi connectivity index (χ3n) is 1.95. The highest BCUT2D eigenvalue weighted by Crippen LogP contribution is 2.30. The predicted octanol–water partition coefficient (Wildman–Crippen LogP) is 2.92. The molecule has 3 nitrogen and oxygen atoms in total. The van der Waals surface area contributed by atoms with Crippen molar-refractivity contribution in [2.45, 2.75) is 6.18 Å². The predicted molar refractivity (Wildman–Crippen MR) is 47.7 cm³/mol. The van der Waals surface area contributed by atoms with E-state index in [1.54, 1.807) is 0 Å². The second-order valence-electron chi connectivity index (χ2n) is 3.03. The van der Waals surface area contributed by atoms with Crippen LogP contribution in [0.3, 0.4) is 0 Å². The monoisotopic (exact) mass is 230 g/mol. The molecule has 0 saturated carbocycles. The minimum atomic E-state index is -4.38. The van der Waals surface area contributed by atoms with E-state index in [1.807, 2.05) is 0 Å². The molecule has 0 N–H and O–H groups in total. The van der Waals surface area contributed by atoms with Crippen LogP contribution in [-0.4, -0.2) is 0 Å². The summed E-state index contributed by atoms with van der Waals surface area (Å²) in [6.45, 7) is 0. The van der Waals surface area contributed by atoms with Crippen LogP contribution in [0.2, 0.25) is 0 Å². The zero-order valence-electron chi connectivity index (χ0n) is 7.75. The summed E-state index contributed by atoms with van der Waals surface area (Å²) in [5, 5.41) is 0. The van der Waals surface area contributed by atoms with Crippen molar-refractivity contribution in [2.24, 2.45) is 0 Å². The van der Waals surface area contributed by atoms with Crippen LogP contribution >= 0.6 is 0 Å². The van der Waals surface area contributed by atoms with Gasteiger partial charge in [0, 0.05) is 5.56 Å². The molecule has 2 aromatic rings. The summed E-state index contributed by atoms with van der Waals surface area (Å²) >= 11 is 0. The molecule has 0 spiro atoms. The summed E-state index contributed by atoms with van der Waals surface area (Å²) in [6.07, 6.45) is -3.33. The maximum atomic E-state index is 12.2. The Morgan fingerprint density at radius 2 is 1.69 bits per heavy atom. The average molecular weight is 230 g/mol. The van der Waals surface area contributed by atoms with E-state index in [0.717, 1.165) is 18.4 Å². The molecule has 0 bridgehead atoms. The normalized spacial score (nSPS) is 11.7. The topological polar surface area (TPSA) is 43.4 Å². The van der Waals surface area contributed by atoms with Gasteiger partial charge in [0.2, 0.25) is 0 Å². The summed E-state index contributed by atoms with van der Waals surface area (Å²) in [7, 11) is 0. The quantitative estimate of drug-likeness (QED) is 0.756. The van der Waals surface area contributed by atoms with E-state index >= 15 is 0 Å². The fourth-order valence-corrected chi connectivity index (χ4v) is 1.19. The number of hydrogen-bond donors (Lipinski definition) is 0. The molecule has 0 aliphatic rings. The zero-order valence-corrected chi connectivity index (χ0v) is 7.75. The van der Waals surface area contributed by atoms with E-state index in [1.165, 1.54) is 12.1 Å². The first-order valence-electron chi connectivity index (χ1n) is 4.23. The van der Waals surface area contributed by atoms with Gasteiger partial charge in [-0.1, -0.05) is 12.1 Å². The summed E-state index contributed by atoms with van der Waals surface area (Å²) in [6, 6.07) is 4.22. The summed E-state index contributed by atoms with van der Waals surface area (Å²) in [4.78, 5) is 10.6. The molecule has 0 saturated heterocycles. The zero-order chi connectivity index (χ0) is 11.8. The smallest absolute Gasteiger partial charge is 0.399 e. The molecule has 0 fully saturated rings. The van der Waals surface area contributed by atoms with Gasteiger partial charge in [0.1, 0.15) is 6.26 Å². The van der Waals surface area contributed by atoms with Crippen LogP contribution in [0.1, 0.15) is 5.56 Å². The van der Waals surface area contributed by atoms with Crippen LogP contribution in [0.25, 0.3) is 11.3 Å². The molecule has 1 heterocycles. The van der Waals surface area contributed by atoms with Gasteiger partial charge in [-0.25, -0.2) is 4.79 Å². The van der Waals surface area contributed by atoms with E-state index in [4.69, 9.17) is 0 Å². The number of alkyl halides is 3. The van der Waals surface area contributed by atoms with Crippen LogP contribution in [0.4, 0.5) is 13.2 Å². The lowest BCUT2D eigenvalue weighted by Crippen LogP contribution is -2.03. The van der Waals surface area contributed by atoms with Gasteiger partial charge in [-0.05, 0) is 12.1 Å². The van der Waals surface area contributed by atoms with Crippen molar-refractivity contribution in [2.75, 3.05) is 0 Å². The van der Waals surface area contributed by atoms with Gasteiger partial charge in [0.15, 0.2) is 5.76 Å². The van der Waals surface area contributed by atoms with Gasteiger partial charge >= 0.3 is 12.0 Å². The lowest BCUT2D eigenvalue weighted by Gasteiger charge is -2.05. The van der Waals surface area contributed by atoms with Crippen molar-refractivity contribution in [3.8, 4) is 11.3 Å². The lowest BCUT2D eigenvalue weighted by atomic mass is 10.1. The Balaban J connectivity index is 2.36. The Morgan fingerprint density at radius 1 is 1.06 bits per heavy atom. The first-order valence-corrected chi connectivity index (χ1v) is 4.23. The fraction of sp³-hybridized carbons (Fsp3) is 0.100. The minimum absolute atomic E-state index is 0.0960. The molecule has 0 aliphatic heterocycles. The van der Waals surface area contributed by atoms with Crippen molar-refractivity contribution in [3.05, 3.63) is 46.7 Å². The highest BCUT2D eigenvalue weighted by atomic mass is 19.4. The Bertz CT molecular complexity index is 533. The highest BCUT2D eigenvalue weighted by molar-refractivity contribution is 5.56. The van der Waals surface area contributed by atoms with Gasteiger partial charge < -0.3 is 8.83 Å². The lowest BCUT2D eigenvalue weighted by molar-refractivity contribution is -0.137. The first kappa shape index (κ1) is 10.5. The van der Waals surface area contributed by atoms with Gasteiger partial charge in [-0.3, -0.25) is 0 Å². The largest absolute Gasteiger partial charge is 0.519 e. The van der Waals surface area contributed by atoms with Crippen LogP contribution < -0.4 is 5.82 Å². The van der Waals surface area contributed by atoms with E-state index in [2.05, 4.69) is 8.83 Å². The number of hydrogen-bond acceptors (Lipinski definition) is 3. The second kappa shape index (κ2) is 3.55. The van der Waals surface area contributed by atoms with Crippen molar-refractivity contribution in [1.29, 1.82) is 0 Å². The Labute approximate surface area is 87.1 Å². The number of benzene rings is 1. The molecule has 84 valence electrons. The molecule has 16 heavy (non-hydrogen) atoms. The van der Waals surface area contributed by atoms with Crippen LogP contribution in [0.15, 0.2) is 44.2 Å². The molecular weight excluding hydrogens is 225 g/mol. The standard InChI is InChI=1S/C10H5F3O3/c11-10(12,13)7-3-1-6(2-4-7)8-5-15-9(14)16-8/h1-5H. The molecule has 6 heteroatoms. The van der Waals surface area contributed by atoms with Crippen molar-refractivity contribution in [3.63, 3.8) is 0 Å². The van der Waals surface area contributed by atoms with Gasteiger partial charge in [0.05, 0.1) is 5.56 Å². The molecule has 0 atom stereocenters. The van der Waals surface area contributed by atoms with Crippen LogP contribution in [-0.2, 0) is 6.18 Å². The molecule has 0 radical (unpaired) electrons. The molecule has 1 aromatic heterocycles. The van der Waals surface area contributed by atoms with Crippen LogP contribution in [0, 0.1) is 0 Å². The maximum absolute atomic E-state index is 12.2. The molecule has 2 rings (SSSR count). The Morgan fingerprint density at radius 3 is 2.12 bits per heavy atom. The minimum Gasteiger partial charge on any atom is -0.399 e. The fourth-order valence-electron chi connectivity index (χ4n) is 1.19. The highest BCUT2D eigenvalue weighted by Gasteiger charge is 2.30. The van der Waals surface area contributed by atoms with Crippen molar-refractivity contribution in [1.82, 2.24) is 0 Å². The third-order valence-corrected chi connectivity index (χ3v) is 1.95.